The second kappa shape index (κ2) is 17.8. The van der Waals surface area contributed by atoms with Gasteiger partial charge in [-0.1, -0.05) is 0 Å². The van der Waals surface area contributed by atoms with E-state index in [0.29, 0.717) is 31.2 Å². The molecule has 0 spiro atoms. The number of amides is 1. The number of nitrogens with one attached hydrogen (secondary N) is 1. The van der Waals surface area contributed by atoms with Crippen molar-refractivity contribution in [2.45, 2.75) is 6.42 Å². The van der Waals surface area contributed by atoms with Gasteiger partial charge in [0.25, 0.3) is 0 Å². The van der Waals surface area contributed by atoms with Crippen molar-refractivity contribution in [3.8, 4) is 16.3 Å². The van der Waals surface area contributed by atoms with Crippen LogP contribution in [0.1, 0.15) is 6.42 Å². The molecule has 1 aromatic heterocycles. The number of benzene rings is 2. The quantitative estimate of drug-likeness (QED) is 0.108. The molecule has 0 bridgehead atoms. The average Bonchev–Trinajstić information content (AvgIpc) is 3.30. The number of carbonyl (C=O) groups excluding carboxylic acids is 1. The molecule has 195 valence electrons. The smallest absolute Gasteiger partial charge is 0 e. The van der Waals surface area contributed by atoms with Crippen molar-refractivity contribution in [3.05, 3.63) is 49.1 Å². The van der Waals surface area contributed by atoms with E-state index >= 15 is 0 Å². The van der Waals surface area contributed by atoms with E-state index in [0.717, 1.165) is 46.0 Å². The van der Waals surface area contributed by atoms with Crippen molar-refractivity contribution in [1.29, 1.82) is 0 Å². The fourth-order valence-corrected chi connectivity index (χ4v) is 4.76. The largest absolute Gasteiger partial charge is 0 e. The van der Waals surface area contributed by atoms with Crippen LogP contribution < -0.4 is 15.0 Å². The molecule has 11 heteroatoms. The summed E-state index contributed by atoms with van der Waals surface area (Å²) in [5.74, 6) is 2.21. The minimum absolute atomic E-state index is 0. The van der Waals surface area contributed by atoms with E-state index in [1.807, 2.05) is 26.2 Å². The molecular weight excluding hydrogens is 687 g/mol. The molecule has 1 heterocycles. The maximum absolute atomic E-state index is 12.0. The molecule has 0 unspecified atom stereocenters. The number of carbonyl (C=O) groups is 1. The molecule has 0 atom stereocenters. The molecule has 0 saturated heterocycles. The number of rotatable bonds is 13. The maximum Gasteiger partial charge on any atom is 0 e. The summed E-state index contributed by atoms with van der Waals surface area (Å²) in [5.41, 5.74) is 3.26. The number of thiazole rings is 1. The summed E-state index contributed by atoms with van der Waals surface area (Å²) in [7, 11) is 4.07. The SMILES string of the molecule is CN(C)c1ccc(-c2nc3ccc(OCCCN(CCS)CC(=O)NCCS)cc3s2)cc1.[C-]#[O+].[Re]. The van der Waals surface area contributed by atoms with Crippen molar-refractivity contribution >= 4 is 58.4 Å². The van der Waals surface area contributed by atoms with Crippen LogP contribution in [0.3, 0.4) is 0 Å². The zero-order valence-electron chi connectivity index (χ0n) is 20.4. The molecule has 2 aromatic carbocycles. The van der Waals surface area contributed by atoms with Crippen LogP contribution in [0, 0.1) is 6.65 Å². The van der Waals surface area contributed by atoms with Crippen molar-refractivity contribution in [2.24, 2.45) is 0 Å². The fraction of sp³-hybridized carbons (Fsp3) is 0.400. The Balaban J connectivity index is 0.00000211. The van der Waals surface area contributed by atoms with Gasteiger partial charge in [-0.25, -0.2) is 4.98 Å². The van der Waals surface area contributed by atoms with E-state index in [-0.39, 0.29) is 26.3 Å². The molecule has 0 saturated carbocycles. The zero-order valence-corrected chi connectivity index (χ0v) is 25.8. The Morgan fingerprint density at radius 3 is 2.47 bits per heavy atom. The van der Waals surface area contributed by atoms with Crippen LogP contribution in [-0.4, -0.2) is 74.2 Å². The van der Waals surface area contributed by atoms with Gasteiger partial charge in [-0.2, -0.15) is 25.3 Å². The molecule has 36 heavy (non-hydrogen) atoms. The molecule has 1 radical (unpaired) electrons. The van der Waals surface area contributed by atoms with Crippen molar-refractivity contribution in [2.75, 3.05) is 63.3 Å². The Morgan fingerprint density at radius 2 is 1.83 bits per heavy atom. The summed E-state index contributed by atoms with van der Waals surface area (Å²) in [6.45, 7) is 7.60. The summed E-state index contributed by atoms with van der Waals surface area (Å²) in [5, 5.41) is 3.86. The first-order chi connectivity index (χ1) is 17.0. The standard InChI is InChI=1S/C24H32N4O2S3.CO.Re/c1-27(2)19-6-4-18(5-7-19)24-26-21-9-8-20(16-22(21)33-24)30-13-3-11-28(12-15-32)17-23(29)25-10-14-31;1-2;/h4-9,16,31-32H,3,10-15,17H2,1-2H3,(H,25,29);;. The van der Waals surface area contributed by atoms with Gasteiger partial charge in [-0.05, 0) is 48.9 Å². The summed E-state index contributed by atoms with van der Waals surface area (Å²) in [6, 6.07) is 14.5. The first-order valence-electron chi connectivity index (χ1n) is 11.2. The number of hydrogen-bond donors (Lipinski definition) is 3. The number of anilines is 1. The molecule has 0 fully saturated rings. The molecule has 0 aliphatic rings. The van der Waals surface area contributed by atoms with E-state index in [9.17, 15) is 4.79 Å². The van der Waals surface area contributed by atoms with Crippen LogP contribution in [-0.2, 0) is 29.9 Å². The third-order valence-corrected chi connectivity index (χ3v) is 6.59. The van der Waals surface area contributed by atoms with Crippen LogP contribution in [0.25, 0.3) is 20.8 Å². The van der Waals surface area contributed by atoms with Gasteiger partial charge in [-0.3, -0.25) is 9.69 Å². The summed E-state index contributed by atoms with van der Waals surface area (Å²) in [6.07, 6.45) is 0.831. The molecule has 1 N–H and O–H groups in total. The normalized spacial score (nSPS) is 10.3. The molecule has 0 aliphatic carbocycles. The second-order valence-electron chi connectivity index (χ2n) is 7.87. The molecule has 3 rings (SSSR count). The third kappa shape index (κ3) is 10.4. The van der Waals surface area contributed by atoms with Gasteiger partial charge in [0.15, 0.2) is 0 Å². The van der Waals surface area contributed by atoms with Gasteiger partial charge < -0.3 is 15.0 Å². The average molecular weight is 719 g/mol. The molecular formula is C25H32N4O3ReS3. The topological polar surface area (TPSA) is 77.6 Å². The van der Waals surface area contributed by atoms with Crippen LogP contribution >= 0.6 is 36.6 Å². The number of aromatic nitrogens is 1. The summed E-state index contributed by atoms with van der Waals surface area (Å²) in [4.78, 5) is 20.9. The number of thiol groups is 2. The minimum Gasteiger partial charge on any atom is 0 e. The summed E-state index contributed by atoms with van der Waals surface area (Å²) < 4.78 is 14.6. The van der Waals surface area contributed by atoms with E-state index in [2.05, 4.69) is 77.4 Å². The van der Waals surface area contributed by atoms with E-state index in [1.165, 1.54) is 5.69 Å². The van der Waals surface area contributed by atoms with Gasteiger partial charge in [0.05, 0.1) is 23.4 Å². The number of ether oxygens (including phenoxy) is 1. The minimum atomic E-state index is 0. The van der Waals surface area contributed by atoms with Crippen LogP contribution in [0.4, 0.5) is 5.69 Å². The van der Waals surface area contributed by atoms with Crippen LogP contribution in [0.5, 0.6) is 5.75 Å². The van der Waals surface area contributed by atoms with Gasteiger partial charge in [0.1, 0.15) is 10.8 Å². The monoisotopic (exact) mass is 719 g/mol. The molecule has 0 aliphatic heterocycles. The maximum atomic E-state index is 12.0. The van der Waals surface area contributed by atoms with Gasteiger partial charge in [0.2, 0.25) is 5.91 Å². The van der Waals surface area contributed by atoms with E-state index in [4.69, 9.17) is 14.4 Å². The number of nitrogens with zero attached hydrogens (tertiary/aromatic N) is 3. The molecule has 3 aromatic rings. The Labute approximate surface area is 242 Å². The molecule has 1 amide bonds. The Bertz CT molecular complexity index is 1080. The Morgan fingerprint density at radius 1 is 1.11 bits per heavy atom. The van der Waals surface area contributed by atoms with Gasteiger partial charge in [0, 0.05) is 76.9 Å². The third-order valence-electron chi connectivity index (χ3n) is 5.10. The van der Waals surface area contributed by atoms with Crippen LogP contribution in [0.2, 0.25) is 0 Å². The Hall–Kier alpha value is -1.54. The summed E-state index contributed by atoms with van der Waals surface area (Å²) >= 11 is 10.1. The van der Waals surface area contributed by atoms with Gasteiger partial charge >= 0.3 is 11.3 Å². The van der Waals surface area contributed by atoms with E-state index in [1.54, 1.807) is 11.3 Å². The second-order valence-corrected chi connectivity index (χ2v) is 9.79. The fourth-order valence-electron chi connectivity index (χ4n) is 3.36. The number of fused-ring (bicyclic) bond motifs is 1. The Kier molecular flexibility index (Phi) is 16.1. The van der Waals surface area contributed by atoms with Crippen LogP contribution in [0.15, 0.2) is 42.5 Å². The predicted octanol–water partition coefficient (Wildman–Crippen LogP) is 4.04. The van der Waals surface area contributed by atoms with Crippen molar-refractivity contribution < 1.29 is 34.6 Å². The van der Waals surface area contributed by atoms with Crippen molar-refractivity contribution in [3.63, 3.8) is 0 Å². The zero-order chi connectivity index (χ0) is 25.6. The first kappa shape index (κ1) is 32.5. The number of hydrogen-bond acceptors (Lipinski definition) is 8. The van der Waals surface area contributed by atoms with Gasteiger partial charge in [-0.15, -0.1) is 11.3 Å². The van der Waals surface area contributed by atoms with Crippen molar-refractivity contribution in [1.82, 2.24) is 15.2 Å². The molecule has 7 nitrogen and oxygen atoms in total. The first-order valence-corrected chi connectivity index (χ1v) is 13.3. The predicted molar refractivity (Wildman–Crippen MR) is 151 cm³/mol. The van der Waals surface area contributed by atoms with E-state index < -0.39 is 0 Å².